The van der Waals surface area contributed by atoms with Crippen LogP contribution in [0.4, 0.5) is 20.3 Å². The number of carbonyl (C=O) groups excluding carboxylic acids is 1. The number of hydrogen-bond donors (Lipinski definition) is 2. The number of pyridine rings is 2. The number of nitrogen functional groups attached to an aromatic ring is 1. The van der Waals surface area contributed by atoms with Crippen molar-refractivity contribution < 1.29 is 18.3 Å². The highest BCUT2D eigenvalue weighted by molar-refractivity contribution is 5.95. The van der Waals surface area contributed by atoms with E-state index < -0.39 is 6.67 Å². The topological polar surface area (TPSA) is 90.1 Å². The molecule has 0 saturated heterocycles. The molecule has 0 spiro atoms. The van der Waals surface area contributed by atoms with E-state index in [9.17, 15) is 13.6 Å². The molecule has 0 radical (unpaired) electrons. The summed E-state index contributed by atoms with van der Waals surface area (Å²) in [6.45, 7) is -0.468. The number of nitrogens with zero attached hydrogens (tertiary/aromatic N) is 2. The number of alkyl halides is 1. The van der Waals surface area contributed by atoms with Crippen LogP contribution < -0.4 is 15.8 Å². The van der Waals surface area contributed by atoms with Crippen molar-refractivity contribution in [2.75, 3.05) is 24.3 Å². The van der Waals surface area contributed by atoms with Crippen LogP contribution in [0.5, 0.6) is 5.75 Å². The van der Waals surface area contributed by atoms with Gasteiger partial charge in [-0.1, -0.05) is 12.1 Å². The molecule has 0 bridgehead atoms. The van der Waals surface area contributed by atoms with Gasteiger partial charge in [-0.05, 0) is 35.9 Å². The summed E-state index contributed by atoms with van der Waals surface area (Å²) in [5.41, 5.74) is 7.70. The Morgan fingerprint density at radius 3 is 2.76 bits per heavy atom. The number of nitrogens with one attached hydrogen (secondary N) is 1. The van der Waals surface area contributed by atoms with E-state index in [0.29, 0.717) is 28.4 Å². The summed E-state index contributed by atoms with van der Waals surface area (Å²) in [6, 6.07) is 11.1. The molecule has 2 heterocycles. The van der Waals surface area contributed by atoms with E-state index >= 15 is 0 Å². The summed E-state index contributed by atoms with van der Waals surface area (Å²) in [7, 11) is 0. The van der Waals surface area contributed by atoms with Crippen LogP contribution in [0.1, 0.15) is 21.6 Å². The Bertz CT molecular complexity index is 981. The monoisotopic (exact) mass is 398 g/mol. The molecule has 150 valence electrons. The quantitative estimate of drug-likeness (QED) is 0.536. The SMILES string of the molecule is Nc1ncccc1NCc1cc(CC(=O)c2ccc(OCCF)cn2)ccc1F. The van der Waals surface area contributed by atoms with Crippen molar-refractivity contribution in [1.29, 1.82) is 0 Å². The van der Waals surface area contributed by atoms with Gasteiger partial charge in [-0.3, -0.25) is 4.79 Å². The van der Waals surface area contributed by atoms with E-state index in [-0.39, 0.29) is 36.9 Å². The lowest BCUT2D eigenvalue weighted by molar-refractivity contribution is 0.0988. The third kappa shape index (κ3) is 5.47. The number of hydrogen-bond acceptors (Lipinski definition) is 6. The Kier molecular flexibility index (Phi) is 6.67. The molecule has 0 aliphatic carbocycles. The van der Waals surface area contributed by atoms with Crippen molar-refractivity contribution in [3.8, 4) is 5.75 Å². The first kappa shape index (κ1) is 20.2. The maximum absolute atomic E-state index is 14.2. The minimum Gasteiger partial charge on any atom is -0.489 e. The maximum atomic E-state index is 14.2. The highest BCUT2D eigenvalue weighted by Gasteiger charge is 2.12. The highest BCUT2D eigenvalue weighted by atomic mass is 19.1. The van der Waals surface area contributed by atoms with Crippen LogP contribution in [0.2, 0.25) is 0 Å². The van der Waals surface area contributed by atoms with E-state index in [1.807, 2.05) is 0 Å². The molecule has 29 heavy (non-hydrogen) atoms. The van der Waals surface area contributed by atoms with Crippen LogP contribution in [-0.2, 0) is 13.0 Å². The molecular weight excluding hydrogens is 378 g/mol. The van der Waals surface area contributed by atoms with Gasteiger partial charge in [-0.2, -0.15) is 0 Å². The fourth-order valence-electron chi connectivity index (χ4n) is 2.69. The van der Waals surface area contributed by atoms with Crippen molar-refractivity contribution in [3.63, 3.8) is 0 Å². The summed E-state index contributed by atoms with van der Waals surface area (Å²) in [6.07, 6.45) is 3.02. The number of ketones is 1. The van der Waals surface area contributed by atoms with E-state index in [1.54, 1.807) is 36.5 Å². The van der Waals surface area contributed by atoms with Crippen molar-refractivity contribution >= 4 is 17.3 Å². The molecule has 0 amide bonds. The largest absolute Gasteiger partial charge is 0.489 e. The molecular formula is C21H20F2N4O2. The van der Waals surface area contributed by atoms with Gasteiger partial charge in [0, 0.05) is 24.7 Å². The zero-order valence-electron chi connectivity index (χ0n) is 15.6. The van der Waals surface area contributed by atoms with Gasteiger partial charge in [-0.25, -0.2) is 18.7 Å². The normalized spacial score (nSPS) is 10.6. The average molecular weight is 398 g/mol. The van der Waals surface area contributed by atoms with E-state index in [2.05, 4.69) is 15.3 Å². The van der Waals surface area contributed by atoms with Gasteiger partial charge < -0.3 is 15.8 Å². The fourth-order valence-corrected chi connectivity index (χ4v) is 2.69. The number of Topliss-reactive ketones (excluding diaryl/α,β-unsaturated/α-hetero) is 1. The summed E-state index contributed by atoms with van der Waals surface area (Å²) in [5, 5.41) is 3.04. The molecule has 0 aliphatic rings. The number of anilines is 2. The predicted molar refractivity (Wildman–Crippen MR) is 106 cm³/mol. The molecule has 3 N–H and O–H groups in total. The summed E-state index contributed by atoms with van der Waals surface area (Å²) in [4.78, 5) is 20.5. The number of benzene rings is 1. The molecule has 1 aromatic carbocycles. The third-order valence-corrected chi connectivity index (χ3v) is 4.15. The first-order valence-electron chi connectivity index (χ1n) is 8.96. The Morgan fingerprint density at radius 1 is 1.17 bits per heavy atom. The third-order valence-electron chi connectivity index (χ3n) is 4.15. The first-order valence-corrected chi connectivity index (χ1v) is 8.96. The van der Waals surface area contributed by atoms with Crippen LogP contribution in [0.25, 0.3) is 0 Å². The minimum atomic E-state index is -0.601. The zero-order chi connectivity index (χ0) is 20.6. The van der Waals surface area contributed by atoms with Gasteiger partial charge in [-0.15, -0.1) is 0 Å². The van der Waals surface area contributed by atoms with Crippen LogP contribution in [0.15, 0.2) is 54.9 Å². The van der Waals surface area contributed by atoms with Gasteiger partial charge in [0.1, 0.15) is 36.4 Å². The second kappa shape index (κ2) is 9.59. The number of rotatable bonds is 9. The number of nitrogens with two attached hydrogens (primary N) is 1. The summed E-state index contributed by atoms with van der Waals surface area (Å²) >= 11 is 0. The van der Waals surface area contributed by atoms with Crippen molar-refractivity contribution in [2.45, 2.75) is 13.0 Å². The molecule has 2 aromatic heterocycles. The van der Waals surface area contributed by atoms with Gasteiger partial charge in [0.2, 0.25) is 0 Å². The Hall–Kier alpha value is -3.55. The Morgan fingerprint density at radius 2 is 2.03 bits per heavy atom. The Labute approximate surface area is 166 Å². The molecule has 0 unspecified atom stereocenters. The lowest BCUT2D eigenvalue weighted by Gasteiger charge is -2.10. The zero-order valence-corrected chi connectivity index (χ0v) is 15.6. The summed E-state index contributed by atoms with van der Waals surface area (Å²) < 4.78 is 31.4. The van der Waals surface area contributed by atoms with Gasteiger partial charge in [0.05, 0.1) is 11.9 Å². The highest BCUT2D eigenvalue weighted by Crippen LogP contribution is 2.18. The maximum Gasteiger partial charge on any atom is 0.185 e. The minimum absolute atomic E-state index is 0.0634. The number of aromatic nitrogens is 2. The van der Waals surface area contributed by atoms with E-state index in [0.717, 1.165) is 0 Å². The molecule has 8 heteroatoms. The van der Waals surface area contributed by atoms with E-state index in [4.69, 9.17) is 10.5 Å². The molecule has 0 fully saturated rings. The fraction of sp³-hybridized carbons (Fsp3) is 0.190. The van der Waals surface area contributed by atoms with Crippen LogP contribution in [-0.4, -0.2) is 29.0 Å². The van der Waals surface area contributed by atoms with Crippen molar-refractivity contribution in [3.05, 3.63) is 77.5 Å². The first-order chi connectivity index (χ1) is 14.1. The second-order valence-electron chi connectivity index (χ2n) is 6.23. The Balaban J connectivity index is 1.66. The smallest absolute Gasteiger partial charge is 0.185 e. The molecule has 3 rings (SSSR count). The summed E-state index contributed by atoms with van der Waals surface area (Å²) in [5.74, 6) is 0.112. The van der Waals surface area contributed by atoms with Crippen LogP contribution in [0, 0.1) is 5.82 Å². The number of carbonyl (C=O) groups is 1. The van der Waals surface area contributed by atoms with Crippen molar-refractivity contribution in [1.82, 2.24) is 9.97 Å². The van der Waals surface area contributed by atoms with Gasteiger partial charge >= 0.3 is 0 Å². The number of halogens is 2. The van der Waals surface area contributed by atoms with E-state index in [1.165, 1.54) is 18.3 Å². The lowest BCUT2D eigenvalue weighted by atomic mass is 10.0. The predicted octanol–water partition coefficient (Wildman–Crippen LogP) is 3.58. The van der Waals surface area contributed by atoms with Gasteiger partial charge in [0.15, 0.2) is 5.78 Å². The molecule has 0 atom stereocenters. The molecule has 6 nitrogen and oxygen atoms in total. The molecule has 3 aromatic rings. The number of ether oxygens (including phenoxy) is 1. The standard InChI is InChI=1S/C21H20F2N4O2/c22-7-9-29-16-4-6-18(27-13-16)20(28)11-14-3-5-17(23)15(10-14)12-26-19-2-1-8-25-21(19)24/h1-6,8,10,13,26H,7,9,11-12H2,(H2,24,25). The van der Waals surface area contributed by atoms with Gasteiger partial charge in [0.25, 0.3) is 0 Å². The molecule has 0 saturated carbocycles. The van der Waals surface area contributed by atoms with Crippen LogP contribution >= 0.6 is 0 Å². The molecule has 0 aliphatic heterocycles. The van der Waals surface area contributed by atoms with Crippen molar-refractivity contribution in [2.24, 2.45) is 0 Å². The van der Waals surface area contributed by atoms with Crippen LogP contribution in [0.3, 0.4) is 0 Å². The average Bonchev–Trinajstić information content (AvgIpc) is 2.74. The second-order valence-corrected chi connectivity index (χ2v) is 6.23. The lowest BCUT2D eigenvalue weighted by Crippen LogP contribution is -2.09.